The molecular formula is C15H22N2O3. The van der Waals surface area contributed by atoms with Gasteiger partial charge in [0, 0.05) is 13.0 Å². The molecule has 5 nitrogen and oxygen atoms in total. The van der Waals surface area contributed by atoms with Gasteiger partial charge in [0.1, 0.15) is 12.3 Å². The second kappa shape index (κ2) is 6.93. The van der Waals surface area contributed by atoms with Crippen molar-refractivity contribution >= 4 is 17.5 Å². The molecule has 0 atom stereocenters. The number of rotatable bonds is 5. The summed E-state index contributed by atoms with van der Waals surface area (Å²) in [6, 6.07) is 5.53. The molecule has 5 heteroatoms. The van der Waals surface area contributed by atoms with Crippen LogP contribution < -0.4 is 10.1 Å². The fourth-order valence-electron chi connectivity index (χ4n) is 1.92. The average molecular weight is 278 g/mol. The van der Waals surface area contributed by atoms with Crippen LogP contribution in [0.25, 0.3) is 0 Å². The van der Waals surface area contributed by atoms with Gasteiger partial charge in [-0.05, 0) is 38.5 Å². The Morgan fingerprint density at radius 3 is 2.50 bits per heavy atom. The molecule has 0 spiro atoms. The van der Waals surface area contributed by atoms with Crippen LogP contribution >= 0.6 is 0 Å². The average Bonchev–Trinajstić information content (AvgIpc) is 2.35. The third-order valence-electron chi connectivity index (χ3n) is 2.97. The monoisotopic (exact) mass is 278 g/mol. The van der Waals surface area contributed by atoms with Gasteiger partial charge in [0.2, 0.25) is 11.8 Å². The Morgan fingerprint density at radius 1 is 1.35 bits per heavy atom. The maximum Gasteiger partial charge on any atom is 0.244 e. The fraction of sp³-hybridized carbons (Fsp3) is 0.467. The summed E-state index contributed by atoms with van der Waals surface area (Å²) in [5, 5.41) is 2.78. The summed E-state index contributed by atoms with van der Waals surface area (Å²) >= 11 is 0. The van der Waals surface area contributed by atoms with Crippen molar-refractivity contribution in [2.45, 2.75) is 33.7 Å². The lowest BCUT2D eigenvalue weighted by atomic mass is 10.2. The number of ether oxygens (including phenoxy) is 1. The summed E-state index contributed by atoms with van der Waals surface area (Å²) in [5.41, 5.74) is 1.64. The summed E-state index contributed by atoms with van der Waals surface area (Å²) in [4.78, 5) is 25.0. The van der Waals surface area contributed by atoms with Gasteiger partial charge in [-0.15, -0.1) is 0 Å². The van der Waals surface area contributed by atoms with Crippen molar-refractivity contribution in [3.63, 3.8) is 0 Å². The molecule has 2 amide bonds. The maximum atomic E-state index is 12.1. The Kier molecular flexibility index (Phi) is 5.55. The first kappa shape index (κ1) is 16.0. The molecule has 0 radical (unpaired) electrons. The molecule has 110 valence electrons. The van der Waals surface area contributed by atoms with Crippen molar-refractivity contribution in [3.05, 3.63) is 23.8 Å². The molecule has 1 aromatic carbocycles. The second-order valence-electron chi connectivity index (χ2n) is 4.99. The molecule has 0 aliphatic carbocycles. The Labute approximate surface area is 119 Å². The fourth-order valence-corrected chi connectivity index (χ4v) is 1.92. The highest BCUT2D eigenvalue weighted by Crippen LogP contribution is 2.25. The minimum atomic E-state index is -0.238. The van der Waals surface area contributed by atoms with E-state index < -0.39 is 0 Å². The van der Waals surface area contributed by atoms with Crippen LogP contribution in [0.4, 0.5) is 5.69 Å². The van der Waals surface area contributed by atoms with Crippen LogP contribution in [0.3, 0.4) is 0 Å². The lowest BCUT2D eigenvalue weighted by Gasteiger charge is -2.24. The Balaban J connectivity index is 2.80. The number of carbonyl (C=O) groups is 2. The first-order valence-corrected chi connectivity index (χ1v) is 6.56. The molecule has 0 aromatic heterocycles. The van der Waals surface area contributed by atoms with E-state index in [2.05, 4.69) is 5.32 Å². The molecule has 0 aliphatic rings. The van der Waals surface area contributed by atoms with Gasteiger partial charge in [-0.25, -0.2) is 0 Å². The summed E-state index contributed by atoms with van der Waals surface area (Å²) < 4.78 is 5.21. The van der Waals surface area contributed by atoms with E-state index in [0.29, 0.717) is 11.4 Å². The van der Waals surface area contributed by atoms with Crippen molar-refractivity contribution in [2.24, 2.45) is 0 Å². The molecule has 1 aromatic rings. The van der Waals surface area contributed by atoms with Crippen molar-refractivity contribution in [2.75, 3.05) is 19.0 Å². The summed E-state index contributed by atoms with van der Waals surface area (Å²) in [7, 11) is 1.55. The number of anilines is 1. The maximum absolute atomic E-state index is 12.1. The van der Waals surface area contributed by atoms with Gasteiger partial charge in [-0.1, -0.05) is 6.07 Å². The van der Waals surface area contributed by atoms with Gasteiger partial charge in [0.15, 0.2) is 0 Å². The second-order valence-corrected chi connectivity index (χ2v) is 4.99. The summed E-state index contributed by atoms with van der Waals surface area (Å²) in [6.45, 7) is 7.18. The number of nitrogens with one attached hydrogen (secondary N) is 1. The topological polar surface area (TPSA) is 58.6 Å². The minimum Gasteiger partial charge on any atom is -0.495 e. The number of benzene rings is 1. The van der Waals surface area contributed by atoms with Crippen LogP contribution in [0.2, 0.25) is 0 Å². The lowest BCUT2D eigenvalue weighted by molar-refractivity contribution is -0.134. The van der Waals surface area contributed by atoms with Crippen molar-refractivity contribution < 1.29 is 14.3 Å². The largest absolute Gasteiger partial charge is 0.495 e. The van der Waals surface area contributed by atoms with Crippen LogP contribution in [0.5, 0.6) is 5.75 Å². The minimum absolute atomic E-state index is 0.0161. The zero-order valence-electron chi connectivity index (χ0n) is 12.7. The van der Waals surface area contributed by atoms with E-state index in [1.165, 1.54) is 11.8 Å². The number of carbonyl (C=O) groups excluding carboxylic acids is 2. The van der Waals surface area contributed by atoms with E-state index in [1.54, 1.807) is 13.2 Å². The summed E-state index contributed by atoms with van der Waals surface area (Å²) in [6.07, 6.45) is 0. The van der Waals surface area contributed by atoms with Gasteiger partial charge < -0.3 is 15.0 Å². The predicted molar refractivity (Wildman–Crippen MR) is 78.9 cm³/mol. The lowest BCUT2D eigenvalue weighted by Crippen LogP contribution is -2.41. The molecule has 0 saturated carbocycles. The smallest absolute Gasteiger partial charge is 0.244 e. The van der Waals surface area contributed by atoms with E-state index >= 15 is 0 Å². The Bertz CT molecular complexity index is 498. The van der Waals surface area contributed by atoms with Crippen LogP contribution in [0.1, 0.15) is 26.3 Å². The number of hydrogen-bond donors (Lipinski definition) is 1. The van der Waals surface area contributed by atoms with Crippen molar-refractivity contribution in [3.8, 4) is 5.75 Å². The molecule has 20 heavy (non-hydrogen) atoms. The van der Waals surface area contributed by atoms with Crippen LogP contribution in [-0.4, -0.2) is 36.4 Å². The molecule has 0 fully saturated rings. The number of amides is 2. The molecule has 0 aliphatic heterocycles. The summed E-state index contributed by atoms with van der Waals surface area (Å²) in [5.74, 6) is 0.243. The van der Waals surface area contributed by atoms with E-state index in [1.807, 2.05) is 32.9 Å². The number of aryl methyl sites for hydroxylation is 1. The molecule has 1 N–H and O–H groups in total. The van der Waals surface area contributed by atoms with Gasteiger partial charge in [-0.3, -0.25) is 9.59 Å². The van der Waals surface area contributed by atoms with Gasteiger partial charge in [-0.2, -0.15) is 0 Å². The van der Waals surface area contributed by atoms with Gasteiger partial charge in [0.05, 0.1) is 12.8 Å². The third-order valence-corrected chi connectivity index (χ3v) is 2.97. The van der Waals surface area contributed by atoms with E-state index in [0.717, 1.165) is 5.56 Å². The van der Waals surface area contributed by atoms with Gasteiger partial charge in [0.25, 0.3) is 0 Å². The quantitative estimate of drug-likeness (QED) is 0.898. The normalized spacial score (nSPS) is 10.3. The molecule has 0 saturated heterocycles. The number of methoxy groups -OCH3 is 1. The molecule has 0 unspecified atom stereocenters. The van der Waals surface area contributed by atoms with Crippen LogP contribution in [-0.2, 0) is 9.59 Å². The Hall–Kier alpha value is -2.04. The molecular weight excluding hydrogens is 256 g/mol. The highest BCUT2D eigenvalue weighted by Gasteiger charge is 2.17. The zero-order valence-corrected chi connectivity index (χ0v) is 12.7. The molecule has 0 heterocycles. The zero-order chi connectivity index (χ0) is 15.3. The number of hydrogen-bond acceptors (Lipinski definition) is 3. The first-order chi connectivity index (χ1) is 9.35. The number of nitrogens with zero attached hydrogens (tertiary/aromatic N) is 1. The van der Waals surface area contributed by atoms with Crippen molar-refractivity contribution in [1.29, 1.82) is 0 Å². The third kappa shape index (κ3) is 4.26. The van der Waals surface area contributed by atoms with Gasteiger partial charge >= 0.3 is 0 Å². The van der Waals surface area contributed by atoms with E-state index in [-0.39, 0.29) is 24.4 Å². The van der Waals surface area contributed by atoms with E-state index in [4.69, 9.17) is 4.74 Å². The highest BCUT2D eigenvalue weighted by molar-refractivity contribution is 5.95. The van der Waals surface area contributed by atoms with Crippen molar-refractivity contribution in [1.82, 2.24) is 4.90 Å². The van der Waals surface area contributed by atoms with Crippen LogP contribution in [0, 0.1) is 6.92 Å². The highest BCUT2D eigenvalue weighted by atomic mass is 16.5. The first-order valence-electron chi connectivity index (χ1n) is 6.56. The standard InChI is InChI=1S/C15H22N2O3/c1-10(2)17(12(4)18)9-15(19)16-13-8-11(3)6-7-14(13)20-5/h6-8,10H,9H2,1-5H3,(H,16,19). The Morgan fingerprint density at radius 2 is 2.00 bits per heavy atom. The van der Waals surface area contributed by atoms with Crippen LogP contribution in [0.15, 0.2) is 18.2 Å². The molecule has 1 rings (SSSR count). The predicted octanol–water partition coefficient (Wildman–Crippen LogP) is 2.20. The SMILES string of the molecule is COc1ccc(C)cc1NC(=O)CN(C(C)=O)C(C)C. The molecule has 0 bridgehead atoms. The van der Waals surface area contributed by atoms with E-state index in [9.17, 15) is 9.59 Å².